The molecule has 0 spiro atoms. The Morgan fingerprint density at radius 3 is 2.70 bits per heavy atom. The van der Waals surface area contributed by atoms with Gasteiger partial charge in [0.1, 0.15) is 0 Å². The molecule has 2 N–H and O–H groups in total. The summed E-state index contributed by atoms with van der Waals surface area (Å²) in [5.74, 6) is -1.18. The number of nitrogens with zero attached hydrogens (tertiary/aromatic N) is 1. The Labute approximate surface area is 138 Å². The van der Waals surface area contributed by atoms with Crippen LogP contribution in [0.1, 0.15) is 37.3 Å². The lowest BCUT2D eigenvalue weighted by molar-refractivity contribution is -0.136. The third kappa shape index (κ3) is 5.06. The lowest BCUT2D eigenvalue weighted by Gasteiger charge is -2.33. The van der Waals surface area contributed by atoms with Crippen molar-refractivity contribution in [3.8, 4) is 0 Å². The van der Waals surface area contributed by atoms with Gasteiger partial charge in [0.25, 0.3) is 0 Å². The van der Waals surface area contributed by atoms with Crippen molar-refractivity contribution in [3.63, 3.8) is 0 Å². The number of amides is 2. The number of carbonyl (C=O) groups excluding carboxylic acids is 2. The van der Waals surface area contributed by atoms with Gasteiger partial charge in [-0.2, -0.15) is 0 Å². The number of piperidine rings is 1. The molecule has 1 fully saturated rings. The molecule has 1 aromatic rings. The maximum absolute atomic E-state index is 12.0. The molecule has 0 aliphatic carbocycles. The van der Waals surface area contributed by atoms with Gasteiger partial charge in [-0.05, 0) is 51.8 Å². The number of nitrogens with one attached hydrogen (secondary N) is 2. The molecule has 1 saturated heterocycles. The molecule has 126 valence electrons. The molecular formula is C18H27N3O2. The van der Waals surface area contributed by atoms with Gasteiger partial charge < -0.3 is 10.6 Å². The average Bonchev–Trinajstić information content (AvgIpc) is 2.51. The monoisotopic (exact) mass is 317 g/mol. The minimum absolute atomic E-state index is 0.503. The van der Waals surface area contributed by atoms with E-state index in [1.54, 1.807) is 0 Å². The van der Waals surface area contributed by atoms with Crippen molar-refractivity contribution in [2.24, 2.45) is 0 Å². The van der Waals surface area contributed by atoms with Crippen molar-refractivity contribution < 1.29 is 9.59 Å². The predicted octanol–water partition coefficient (Wildman–Crippen LogP) is 2.23. The van der Waals surface area contributed by atoms with Gasteiger partial charge in [-0.1, -0.05) is 24.1 Å². The predicted molar refractivity (Wildman–Crippen MR) is 92.4 cm³/mol. The third-order valence-electron chi connectivity index (χ3n) is 4.46. The molecule has 0 aromatic heterocycles. The second-order valence-electron chi connectivity index (χ2n) is 6.41. The van der Waals surface area contributed by atoms with Crippen LogP contribution in [0.25, 0.3) is 0 Å². The Bertz CT molecular complexity index is 571. The van der Waals surface area contributed by atoms with Crippen molar-refractivity contribution in [3.05, 3.63) is 29.3 Å². The van der Waals surface area contributed by atoms with Crippen molar-refractivity contribution in [1.82, 2.24) is 10.2 Å². The van der Waals surface area contributed by atoms with E-state index < -0.39 is 11.8 Å². The summed E-state index contributed by atoms with van der Waals surface area (Å²) in [5.41, 5.74) is 2.76. The van der Waals surface area contributed by atoms with Crippen LogP contribution in [-0.2, 0) is 9.59 Å². The van der Waals surface area contributed by atoms with Crippen LogP contribution in [0.4, 0.5) is 5.69 Å². The maximum atomic E-state index is 12.0. The fraction of sp³-hybridized carbons (Fsp3) is 0.556. The van der Waals surface area contributed by atoms with Gasteiger partial charge in [-0.15, -0.1) is 0 Å². The van der Waals surface area contributed by atoms with Crippen LogP contribution >= 0.6 is 0 Å². The quantitative estimate of drug-likeness (QED) is 0.837. The molecule has 0 saturated carbocycles. The standard InChI is InChI=1S/C18H27N3O2/c1-13-7-8-16(14(2)12-13)20-18(23)17(22)19-9-11-21-10-5-4-6-15(21)3/h7-8,12,15H,4-6,9-11H2,1-3H3,(H,19,22)(H,20,23). The summed E-state index contributed by atoms with van der Waals surface area (Å²) in [6.45, 7) is 8.50. The highest BCUT2D eigenvalue weighted by Gasteiger charge is 2.19. The molecule has 1 unspecified atom stereocenters. The molecule has 1 aliphatic rings. The molecule has 5 heteroatoms. The molecule has 5 nitrogen and oxygen atoms in total. The Morgan fingerprint density at radius 1 is 1.22 bits per heavy atom. The van der Waals surface area contributed by atoms with Crippen molar-refractivity contribution in [1.29, 1.82) is 0 Å². The van der Waals surface area contributed by atoms with Gasteiger partial charge in [-0.3, -0.25) is 14.5 Å². The van der Waals surface area contributed by atoms with Gasteiger partial charge in [0.15, 0.2) is 0 Å². The van der Waals surface area contributed by atoms with Crippen molar-refractivity contribution >= 4 is 17.5 Å². The molecule has 1 heterocycles. The van der Waals surface area contributed by atoms with Crippen LogP contribution in [0.15, 0.2) is 18.2 Å². The molecule has 2 amide bonds. The zero-order chi connectivity index (χ0) is 16.8. The van der Waals surface area contributed by atoms with Gasteiger partial charge in [0.05, 0.1) is 0 Å². The highest BCUT2D eigenvalue weighted by atomic mass is 16.2. The summed E-state index contributed by atoms with van der Waals surface area (Å²) in [4.78, 5) is 26.2. The molecule has 1 atom stereocenters. The van der Waals surface area contributed by atoms with Crippen LogP contribution in [-0.4, -0.2) is 42.4 Å². The molecule has 0 bridgehead atoms. The fourth-order valence-corrected chi connectivity index (χ4v) is 3.02. The summed E-state index contributed by atoms with van der Waals surface area (Å²) in [7, 11) is 0. The topological polar surface area (TPSA) is 61.4 Å². The van der Waals surface area contributed by atoms with E-state index in [1.165, 1.54) is 19.3 Å². The van der Waals surface area contributed by atoms with Crippen LogP contribution in [0.3, 0.4) is 0 Å². The molecule has 1 aliphatic heterocycles. The zero-order valence-corrected chi connectivity index (χ0v) is 14.3. The summed E-state index contributed by atoms with van der Waals surface area (Å²) in [6.07, 6.45) is 3.70. The van der Waals surface area contributed by atoms with Crippen LogP contribution < -0.4 is 10.6 Å². The second-order valence-corrected chi connectivity index (χ2v) is 6.41. The minimum Gasteiger partial charge on any atom is -0.347 e. The lowest BCUT2D eigenvalue weighted by atomic mass is 10.0. The van der Waals surface area contributed by atoms with E-state index in [9.17, 15) is 9.59 Å². The van der Waals surface area contributed by atoms with E-state index in [4.69, 9.17) is 0 Å². The number of hydrogen-bond donors (Lipinski definition) is 2. The summed E-state index contributed by atoms with van der Waals surface area (Å²) in [5, 5.41) is 5.38. The number of likely N-dealkylation sites (tertiary alicyclic amines) is 1. The number of anilines is 1. The van der Waals surface area contributed by atoms with E-state index in [-0.39, 0.29) is 0 Å². The molecule has 23 heavy (non-hydrogen) atoms. The van der Waals surface area contributed by atoms with Crippen LogP contribution in [0.5, 0.6) is 0 Å². The zero-order valence-electron chi connectivity index (χ0n) is 14.3. The smallest absolute Gasteiger partial charge is 0.313 e. The number of rotatable bonds is 4. The van der Waals surface area contributed by atoms with Crippen LogP contribution in [0, 0.1) is 13.8 Å². The largest absolute Gasteiger partial charge is 0.347 e. The number of hydrogen-bond acceptors (Lipinski definition) is 3. The van der Waals surface area contributed by atoms with Gasteiger partial charge in [0.2, 0.25) is 0 Å². The first-order chi connectivity index (χ1) is 11.0. The van der Waals surface area contributed by atoms with E-state index in [0.717, 1.165) is 24.2 Å². The number of benzene rings is 1. The van der Waals surface area contributed by atoms with E-state index in [0.29, 0.717) is 18.3 Å². The summed E-state index contributed by atoms with van der Waals surface area (Å²) >= 11 is 0. The number of aryl methyl sites for hydroxylation is 2. The molecule has 0 radical (unpaired) electrons. The Kier molecular flexibility index (Phi) is 6.16. The third-order valence-corrected chi connectivity index (χ3v) is 4.46. The van der Waals surface area contributed by atoms with Crippen molar-refractivity contribution in [2.45, 2.75) is 46.1 Å². The Balaban J connectivity index is 1.77. The van der Waals surface area contributed by atoms with E-state index >= 15 is 0 Å². The van der Waals surface area contributed by atoms with Crippen LogP contribution in [0.2, 0.25) is 0 Å². The summed E-state index contributed by atoms with van der Waals surface area (Å²) in [6, 6.07) is 6.28. The van der Waals surface area contributed by atoms with E-state index in [1.807, 2.05) is 32.0 Å². The SMILES string of the molecule is Cc1ccc(NC(=O)C(=O)NCCN2CCCCC2C)c(C)c1. The molecule has 2 rings (SSSR count). The second kappa shape index (κ2) is 8.11. The fourth-order valence-electron chi connectivity index (χ4n) is 3.02. The lowest BCUT2D eigenvalue weighted by Crippen LogP contribution is -2.44. The van der Waals surface area contributed by atoms with Gasteiger partial charge in [0, 0.05) is 24.8 Å². The highest BCUT2D eigenvalue weighted by molar-refractivity contribution is 6.39. The Morgan fingerprint density at radius 2 is 2.00 bits per heavy atom. The maximum Gasteiger partial charge on any atom is 0.313 e. The number of carbonyl (C=O) groups is 2. The first kappa shape index (κ1) is 17.5. The van der Waals surface area contributed by atoms with E-state index in [2.05, 4.69) is 22.5 Å². The van der Waals surface area contributed by atoms with Crippen molar-refractivity contribution in [2.75, 3.05) is 25.0 Å². The summed E-state index contributed by atoms with van der Waals surface area (Å²) < 4.78 is 0. The first-order valence-electron chi connectivity index (χ1n) is 8.38. The first-order valence-corrected chi connectivity index (χ1v) is 8.38. The molecular weight excluding hydrogens is 290 g/mol. The van der Waals surface area contributed by atoms with Gasteiger partial charge >= 0.3 is 11.8 Å². The Hall–Kier alpha value is -1.88. The molecule has 1 aromatic carbocycles. The average molecular weight is 317 g/mol. The normalized spacial score (nSPS) is 18.5. The van der Waals surface area contributed by atoms with Gasteiger partial charge in [-0.25, -0.2) is 0 Å². The minimum atomic E-state index is -0.608. The highest BCUT2D eigenvalue weighted by Crippen LogP contribution is 2.16.